The van der Waals surface area contributed by atoms with Gasteiger partial charge in [-0.3, -0.25) is 4.99 Å². The van der Waals surface area contributed by atoms with Gasteiger partial charge in [0, 0.05) is 27.2 Å². The molecular weight excluding hydrogens is 420 g/mol. The first-order chi connectivity index (χ1) is 11.2. The van der Waals surface area contributed by atoms with Crippen molar-refractivity contribution in [1.29, 1.82) is 0 Å². The fraction of sp³-hybridized carbons (Fsp3) is 0.278. The molecule has 0 fully saturated rings. The van der Waals surface area contributed by atoms with E-state index >= 15 is 0 Å². The molecule has 4 nitrogen and oxygen atoms in total. The van der Waals surface area contributed by atoms with E-state index in [1.165, 1.54) is 12.1 Å². The number of benzene rings is 2. The predicted octanol–water partition coefficient (Wildman–Crippen LogP) is 3.46. The van der Waals surface area contributed by atoms with Gasteiger partial charge in [0.15, 0.2) is 5.96 Å². The van der Waals surface area contributed by atoms with E-state index in [2.05, 4.69) is 27.8 Å². The summed E-state index contributed by atoms with van der Waals surface area (Å²) in [5.74, 6) is 0.443. The number of halogens is 2. The van der Waals surface area contributed by atoms with Crippen molar-refractivity contribution in [2.24, 2.45) is 4.99 Å². The van der Waals surface area contributed by atoms with Crippen LogP contribution in [0.1, 0.15) is 16.7 Å². The summed E-state index contributed by atoms with van der Waals surface area (Å²) in [4.78, 5) is 4.17. The van der Waals surface area contributed by atoms with E-state index in [1.807, 2.05) is 18.2 Å². The fourth-order valence-corrected chi connectivity index (χ4v) is 2.16. The van der Waals surface area contributed by atoms with Gasteiger partial charge >= 0.3 is 0 Å². The summed E-state index contributed by atoms with van der Waals surface area (Å²) in [6.07, 6.45) is 0. The molecule has 0 atom stereocenters. The van der Waals surface area contributed by atoms with E-state index in [0.29, 0.717) is 25.7 Å². The van der Waals surface area contributed by atoms with Gasteiger partial charge < -0.3 is 15.4 Å². The first kappa shape index (κ1) is 20.4. The molecule has 0 aliphatic rings. The lowest BCUT2D eigenvalue weighted by Gasteiger charge is -2.12. The van der Waals surface area contributed by atoms with Crippen LogP contribution in [0.2, 0.25) is 0 Å². The molecule has 0 saturated heterocycles. The van der Waals surface area contributed by atoms with Gasteiger partial charge in [-0.15, -0.1) is 24.0 Å². The SMILES string of the molecule is CN=C(NCc1ccc(COC)cc1)NCc1cccc(F)c1.I. The maximum atomic E-state index is 13.1. The molecule has 130 valence electrons. The predicted molar refractivity (Wildman–Crippen MR) is 106 cm³/mol. The van der Waals surface area contributed by atoms with Crippen LogP contribution in [0.25, 0.3) is 0 Å². The molecule has 2 rings (SSSR count). The molecule has 24 heavy (non-hydrogen) atoms. The number of hydrogen-bond acceptors (Lipinski definition) is 2. The molecule has 2 aromatic carbocycles. The van der Waals surface area contributed by atoms with Gasteiger partial charge in [-0.2, -0.15) is 0 Å². The summed E-state index contributed by atoms with van der Waals surface area (Å²) in [6.45, 7) is 1.80. The number of nitrogens with one attached hydrogen (secondary N) is 2. The Balaban J connectivity index is 0.00000288. The quantitative estimate of drug-likeness (QED) is 0.409. The minimum Gasteiger partial charge on any atom is -0.380 e. The summed E-state index contributed by atoms with van der Waals surface area (Å²) < 4.78 is 18.2. The average Bonchev–Trinajstić information content (AvgIpc) is 2.57. The van der Waals surface area contributed by atoms with Gasteiger partial charge in [0.05, 0.1) is 6.61 Å². The number of guanidine groups is 1. The number of nitrogens with zero attached hydrogens (tertiary/aromatic N) is 1. The van der Waals surface area contributed by atoms with Gasteiger partial charge in [0.1, 0.15) is 5.82 Å². The highest BCUT2D eigenvalue weighted by atomic mass is 127. The van der Waals surface area contributed by atoms with Crippen LogP contribution in [-0.2, 0) is 24.4 Å². The summed E-state index contributed by atoms with van der Waals surface area (Å²) >= 11 is 0. The second-order valence-corrected chi connectivity index (χ2v) is 5.16. The van der Waals surface area contributed by atoms with E-state index in [1.54, 1.807) is 20.2 Å². The third-order valence-corrected chi connectivity index (χ3v) is 3.37. The maximum Gasteiger partial charge on any atom is 0.191 e. The third kappa shape index (κ3) is 6.84. The Hall–Kier alpha value is -1.67. The van der Waals surface area contributed by atoms with Crippen molar-refractivity contribution in [2.75, 3.05) is 14.2 Å². The molecule has 0 aliphatic heterocycles. The molecule has 2 N–H and O–H groups in total. The Bertz CT molecular complexity index is 647. The van der Waals surface area contributed by atoms with Crippen LogP contribution in [0.4, 0.5) is 4.39 Å². The van der Waals surface area contributed by atoms with Crippen LogP contribution < -0.4 is 10.6 Å². The van der Waals surface area contributed by atoms with Crippen LogP contribution in [0.3, 0.4) is 0 Å². The Morgan fingerprint density at radius 2 is 1.62 bits per heavy atom. The van der Waals surface area contributed by atoms with E-state index in [-0.39, 0.29) is 29.8 Å². The Morgan fingerprint density at radius 3 is 2.21 bits per heavy atom. The van der Waals surface area contributed by atoms with E-state index in [4.69, 9.17) is 4.74 Å². The lowest BCUT2D eigenvalue weighted by Crippen LogP contribution is -2.36. The molecule has 0 unspecified atom stereocenters. The lowest BCUT2D eigenvalue weighted by atomic mass is 10.1. The van der Waals surface area contributed by atoms with Crippen LogP contribution >= 0.6 is 24.0 Å². The smallest absolute Gasteiger partial charge is 0.191 e. The first-order valence-electron chi connectivity index (χ1n) is 7.47. The van der Waals surface area contributed by atoms with Crippen LogP contribution in [0, 0.1) is 5.82 Å². The third-order valence-electron chi connectivity index (χ3n) is 3.37. The van der Waals surface area contributed by atoms with Crippen LogP contribution in [0.15, 0.2) is 53.5 Å². The molecule has 0 radical (unpaired) electrons. The minimum absolute atomic E-state index is 0. The van der Waals surface area contributed by atoms with Crippen LogP contribution in [0.5, 0.6) is 0 Å². The van der Waals surface area contributed by atoms with Gasteiger partial charge in [0.2, 0.25) is 0 Å². The molecule has 0 saturated carbocycles. The van der Waals surface area contributed by atoms with Gasteiger partial charge in [-0.05, 0) is 28.8 Å². The first-order valence-corrected chi connectivity index (χ1v) is 7.47. The monoisotopic (exact) mass is 443 g/mol. The Labute approximate surface area is 159 Å². The Kier molecular flexibility index (Phi) is 9.33. The lowest BCUT2D eigenvalue weighted by molar-refractivity contribution is 0.185. The number of rotatable bonds is 6. The van der Waals surface area contributed by atoms with Gasteiger partial charge in [-0.25, -0.2) is 4.39 Å². The van der Waals surface area contributed by atoms with Crippen molar-refractivity contribution in [2.45, 2.75) is 19.7 Å². The molecule has 0 heterocycles. The molecule has 0 aromatic heterocycles. The van der Waals surface area contributed by atoms with Crippen molar-refractivity contribution in [3.63, 3.8) is 0 Å². The number of methoxy groups -OCH3 is 1. The summed E-state index contributed by atoms with van der Waals surface area (Å²) in [7, 11) is 3.40. The molecule has 6 heteroatoms. The maximum absolute atomic E-state index is 13.1. The molecule has 0 bridgehead atoms. The fourth-order valence-electron chi connectivity index (χ4n) is 2.16. The second-order valence-electron chi connectivity index (χ2n) is 5.16. The highest BCUT2D eigenvalue weighted by Gasteiger charge is 2.00. The summed E-state index contributed by atoms with van der Waals surface area (Å²) in [5, 5.41) is 6.40. The van der Waals surface area contributed by atoms with Crippen molar-refractivity contribution in [3.05, 3.63) is 71.0 Å². The zero-order valence-corrected chi connectivity index (χ0v) is 16.2. The second kappa shape index (κ2) is 11.0. The molecule has 2 aromatic rings. The van der Waals surface area contributed by atoms with Gasteiger partial charge in [0.25, 0.3) is 0 Å². The van der Waals surface area contributed by atoms with Crippen molar-refractivity contribution < 1.29 is 9.13 Å². The van der Waals surface area contributed by atoms with Crippen molar-refractivity contribution >= 4 is 29.9 Å². The highest BCUT2D eigenvalue weighted by Crippen LogP contribution is 2.05. The number of hydrogen-bond donors (Lipinski definition) is 2. The summed E-state index contributed by atoms with van der Waals surface area (Å²) in [5.41, 5.74) is 3.17. The van der Waals surface area contributed by atoms with Crippen molar-refractivity contribution in [1.82, 2.24) is 10.6 Å². The number of aliphatic imine (C=N–C) groups is 1. The van der Waals surface area contributed by atoms with E-state index < -0.39 is 0 Å². The van der Waals surface area contributed by atoms with E-state index in [9.17, 15) is 4.39 Å². The normalized spacial score (nSPS) is 10.9. The standard InChI is InChI=1S/C18H22FN3O.HI/c1-20-18(22-12-16-4-3-5-17(19)10-16)21-11-14-6-8-15(9-7-14)13-23-2;/h3-10H,11-13H2,1-2H3,(H2,20,21,22);1H. The largest absolute Gasteiger partial charge is 0.380 e. The zero-order chi connectivity index (χ0) is 16.5. The van der Waals surface area contributed by atoms with Crippen LogP contribution in [-0.4, -0.2) is 20.1 Å². The van der Waals surface area contributed by atoms with Crippen molar-refractivity contribution in [3.8, 4) is 0 Å². The zero-order valence-electron chi connectivity index (χ0n) is 13.9. The molecule has 0 spiro atoms. The topological polar surface area (TPSA) is 45.7 Å². The summed E-state index contributed by atoms with van der Waals surface area (Å²) in [6, 6.07) is 14.7. The van der Waals surface area contributed by atoms with Gasteiger partial charge in [-0.1, -0.05) is 36.4 Å². The highest BCUT2D eigenvalue weighted by molar-refractivity contribution is 14.0. The van der Waals surface area contributed by atoms with E-state index in [0.717, 1.165) is 16.7 Å². The minimum atomic E-state index is -0.233. The molecule has 0 amide bonds. The molecule has 0 aliphatic carbocycles. The Morgan fingerprint density at radius 1 is 1.00 bits per heavy atom. The molecular formula is C18H23FIN3O. The average molecular weight is 443 g/mol. The number of ether oxygens (including phenoxy) is 1.